The molecule has 0 bridgehead atoms. The number of hydrogen-bond acceptors (Lipinski definition) is 3. The molecule has 0 spiro atoms. The normalized spacial score (nSPS) is 10.7. The van der Waals surface area contributed by atoms with Gasteiger partial charge in [-0.15, -0.1) is 0 Å². The van der Waals surface area contributed by atoms with E-state index in [0.29, 0.717) is 12.6 Å². The zero-order valence-corrected chi connectivity index (χ0v) is 11.9. The van der Waals surface area contributed by atoms with Gasteiger partial charge in [0.15, 0.2) is 29.1 Å². The van der Waals surface area contributed by atoms with Gasteiger partial charge in [-0.05, 0) is 24.6 Å². The lowest BCUT2D eigenvalue weighted by molar-refractivity contribution is 0.506. The number of nitrogens with one attached hydrogen (secondary N) is 1. The number of hydrogen-bond donors (Lipinski definition) is 1. The minimum atomic E-state index is -1.04. The monoisotopic (exact) mass is 316 g/mol. The van der Waals surface area contributed by atoms with E-state index in [2.05, 4.69) is 10.3 Å². The van der Waals surface area contributed by atoms with Crippen molar-refractivity contribution >= 4 is 17.6 Å². The molecule has 0 aliphatic rings. The first-order valence-electron chi connectivity index (χ1n) is 6.24. The molecule has 0 aliphatic heterocycles. The maximum absolute atomic E-state index is 13.7. The standard InChI is InChI=1S/C14H12F4N2S/c1-2-5-19-13-11(17)7-12(18)14(20-13)21-8-3-4-9(15)10(16)6-8/h3-4,6-7H,2,5H2,1H3,(H,19,20). The molecule has 0 fully saturated rings. The molecular formula is C14H12F4N2S. The van der Waals surface area contributed by atoms with E-state index in [1.807, 2.05) is 6.92 Å². The molecule has 0 radical (unpaired) electrons. The van der Waals surface area contributed by atoms with Crippen molar-refractivity contribution in [2.24, 2.45) is 0 Å². The van der Waals surface area contributed by atoms with Crippen molar-refractivity contribution < 1.29 is 17.6 Å². The van der Waals surface area contributed by atoms with Crippen LogP contribution in [0.15, 0.2) is 34.2 Å². The predicted molar refractivity (Wildman–Crippen MR) is 73.4 cm³/mol. The lowest BCUT2D eigenvalue weighted by Gasteiger charge is -2.09. The number of benzene rings is 1. The maximum Gasteiger partial charge on any atom is 0.168 e. The molecule has 112 valence electrons. The average Bonchev–Trinajstić information content (AvgIpc) is 2.44. The van der Waals surface area contributed by atoms with Gasteiger partial charge < -0.3 is 5.32 Å². The van der Waals surface area contributed by atoms with Crippen LogP contribution in [-0.4, -0.2) is 11.5 Å². The lowest BCUT2D eigenvalue weighted by atomic mass is 10.3. The highest BCUT2D eigenvalue weighted by molar-refractivity contribution is 7.99. The Kier molecular flexibility index (Phi) is 5.06. The summed E-state index contributed by atoms with van der Waals surface area (Å²) in [6, 6.07) is 3.89. The van der Waals surface area contributed by atoms with Crippen LogP contribution in [0.5, 0.6) is 0 Å². The summed E-state index contributed by atoms with van der Waals surface area (Å²) >= 11 is 0.794. The zero-order chi connectivity index (χ0) is 15.4. The minimum absolute atomic E-state index is 0.0664. The lowest BCUT2D eigenvalue weighted by Crippen LogP contribution is -2.06. The van der Waals surface area contributed by atoms with Crippen LogP contribution in [0.3, 0.4) is 0 Å². The second-order valence-electron chi connectivity index (χ2n) is 4.21. The Labute approximate surface area is 123 Å². The first kappa shape index (κ1) is 15.6. The van der Waals surface area contributed by atoms with Crippen LogP contribution in [0.1, 0.15) is 13.3 Å². The smallest absolute Gasteiger partial charge is 0.168 e. The fraction of sp³-hybridized carbons (Fsp3) is 0.214. The van der Waals surface area contributed by atoms with Crippen molar-refractivity contribution in [1.29, 1.82) is 0 Å². The largest absolute Gasteiger partial charge is 0.368 e. The Bertz CT molecular complexity index is 649. The molecule has 0 aliphatic carbocycles. The van der Waals surface area contributed by atoms with Gasteiger partial charge >= 0.3 is 0 Å². The molecule has 1 aromatic heterocycles. The minimum Gasteiger partial charge on any atom is -0.368 e. The molecule has 0 unspecified atom stereocenters. The summed E-state index contributed by atoms with van der Waals surface area (Å²) in [6.45, 7) is 2.39. The molecule has 2 aromatic rings. The predicted octanol–water partition coefficient (Wildman–Crippen LogP) is 4.61. The second kappa shape index (κ2) is 6.80. The van der Waals surface area contributed by atoms with Crippen molar-refractivity contribution in [3.05, 3.63) is 47.5 Å². The van der Waals surface area contributed by atoms with Crippen LogP contribution in [-0.2, 0) is 0 Å². The van der Waals surface area contributed by atoms with Crippen LogP contribution in [0.2, 0.25) is 0 Å². The summed E-state index contributed by atoms with van der Waals surface area (Å²) in [5.41, 5.74) is 0. The SMILES string of the molecule is CCCNc1nc(Sc2ccc(F)c(F)c2)c(F)cc1F. The van der Waals surface area contributed by atoms with Gasteiger partial charge in [0.25, 0.3) is 0 Å². The third-order valence-electron chi connectivity index (χ3n) is 2.55. The van der Waals surface area contributed by atoms with Gasteiger partial charge in [-0.1, -0.05) is 18.7 Å². The van der Waals surface area contributed by atoms with Crippen molar-refractivity contribution in [3.63, 3.8) is 0 Å². The third kappa shape index (κ3) is 3.87. The van der Waals surface area contributed by atoms with E-state index >= 15 is 0 Å². The number of halogens is 4. The van der Waals surface area contributed by atoms with Crippen molar-refractivity contribution in [2.45, 2.75) is 23.3 Å². The molecule has 0 saturated carbocycles. The van der Waals surface area contributed by atoms with Crippen molar-refractivity contribution in [2.75, 3.05) is 11.9 Å². The van der Waals surface area contributed by atoms with Crippen LogP contribution in [0, 0.1) is 23.3 Å². The second-order valence-corrected chi connectivity index (χ2v) is 5.27. The topological polar surface area (TPSA) is 24.9 Å². The molecule has 2 nitrogen and oxygen atoms in total. The molecule has 0 amide bonds. The summed E-state index contributed by atoms with van der Waals surface area (Å²) < 4.78 is 53.2. The molecule has 2 rings (SSSR count). The van der Waals surface area contributed by atoms with E-state index < -0.39 is 23.3 Å². The fourth-order valence-corrected chi connectivity index (χ4v) is 2.36. The van der Waals surface area contributed by atoms with E-state index in [1.165, 1.54) is 6.07 Å². The average molecular weight is 316 g/mol. The van der Waals surface area contributed by atoms with E-state index in [0.717, 1.165) is 30.3 Å². The van der Waals surface area contributed by atoms with Crippen LogP contribution in [0.25, 0.3) is 0 Å². The number of anilines is 1. The van der Waals surface area contributed by atoms with E-state index in [-0.39, 0.29) is 15.7 Å². The summed E-state index contributed by atoms with van der Waals surface area (Å²) in [5, 5.41) is 2.63. The molecule has 1 N–H and O–H groups in total. The maximum atomic E-state index is 13.7. The Hall–Kier alpha value is -1.76. The van der Waals surface area contributed by atoms with Gasteiger partial charge in [-0.3, -0.25) is 0 Å². The Morgan fingerprint density at radius 2 is 1.76 bits per heavy atom. The molecule has 0 atom stereocenters. The van der Waals surface area contributed by atoms with Gasteiger partial charge in [0.1, 0.15) is 5.03 Å². The highest BCUT2D eigenvalue weighted by Crippen LogP contribution is 2.31. The van der Waals surface area contributed by atoms with Gasteiger partial charge in [0.2, 0.25) is 0 Å². The number of pyridine rings is 1. The van der Waals surface area contributed by atoms with E-state index in [9.17, 15) is 17.6 Å². The fourth-order valence-electron chi connectivity index (χ4n) is 1.54. The highest BCUT2D eigenvalue weighted by atomic mass is 32.2. The molecule has 0 saturated heterocycles. The number of rotatable bonds is 5. The van der Waals surface area contributed by atoms with Crippen molar-refractivity contribution in [1.82, 2.24) is 4.98 Å². The quantitative estimate of drug-likeness (QED) is 0.815. The Morgan fingerprint density at radius 1 is 1.00 bits per heavy atom. The first-order chi connectivity index (χ1) is 10.0. The molecule has 21 heavy (non-hydrogen) atoms. The molecule has 1 heterocycles. The van der Waals surface area contributed by atoms with E-state index in [1.54, 1.807) is 0 Å². The van der Waals surface area contributed by atoms with Crippen LogP contribution in [0.4, 0.5) is 23.4 Å². The first-order valence-corrected chi connectivity index (χ1v) is 7.05. The summed E-state index contributed by atoms with van der Waals surface area (Å²) in [4.78, 5) is 4.11. The Morgan fingerprint density at radius 3 is 2.43 bits per heavy atom. The summed E-state index contributed by atoms with van der Waals surface area (Å²) in [6.07, 6.45) is 0.754. The van der Waals surface area contributed by atoms with Crippen LogP contribution < -0.4 is 5.32 Å². The summed E-state index contributed by atoms with van der Waals surface area (Å²) in [5.74, 6) is -3.74. The Balaban J connectivity index is 2.28. The third-order valence-corrected chi connectivity index (χ3v) is 3.51. The number of aromatic nitrogens is 1. The van der Waals surface area contributed by atoms with Crippen LogP contribution >= 0.6 is 11.8 Å². The van der Waals surface area contributed by atoms with Crippen molar-refractivity contribution in [3.8, 4) is 0 Å². The number of nitrogens with zero attached hydrogens (tertiary/aromatic N) is 1. The molecule has 7 heteroatoms. The molecular weight excluding hydrogens is 304 g/mol. The van der Waals surface area contributed by atoms with E-state index in [4.69, 9.17) is 0 Å². The van der Waals surface area contributed by atoms with Gasteiger partial charge in [0, 0.05) is 17.5 Å². The molecule has 1 aromatic carbocycles. The highest BCUT2D eigenvalue weighted by Gasteiger charge is 2.14. The van der Waals surface area contributed by atoms with Gasteiger partial charge in [0.05, 0.1) is 0 Å². The van der Waals surface area contributed by atoms with Gasteiger partial charge in [-0.25, -0.2) is 22.5 Å². The zero-order valence-electron chi connectivity index (χ0n) is 11.1. The summed E-state index contributed by atoms with van der Waals surface area (Å²) in [7, 11) is 0. The van der Waals surface area contributed by atoms with Gasteiger partial charge in [-0.2, -0.15) is 0 Å².